The van der Waals surface area contributed by atoms with Crippen LogP contribution in [-0.4, -0.2) is 33.7 Å². The van der Waals surface area contributed by atoms with Gasteiger partial charge in [-0.25, -0.2) is 0 Å². The van der Waals surface area contributed by atoms with E-state index >= 15 is 0 Å². The van der Waals surface area contributed by atoms with E-state index in [1.165, 1.54) is 25.7 Å². The van der Waals surface area contributed by atoms with Gasteiger partial charge in [-0.2, -0.15) is 0 Å². The zero-order valence-electron chi connectivity index (χ0n) is 5.56. The maximum atomic E-state index is 2.26. The third-order valence-corrected chi connectivity index (χ3v) is 2.54. The molecule has 0 aromatic heterocycles. The minimum atomic E-state index is 1.03. The molecule has 0 spiro atoms. The van der Waals surface area contributed by atoms with Crippen molar-refractivity contribution in [3.05, 3.63) is 0 Å². The van der Waals surface area contributed by atoms with Gasteiger partial charge in [-0.15, -0.1) is 0 Å². The van der Waals surface area contributed by atoms with Gasteiger partial charge in [0.2, 0.25) is 0 Å². The van der Waals surface area contributed by atoms with Crippen LogP contribution in [0.1, 0.15) is 32.6 Å². The van der Waals surface area contributed by atoms with Gasteiger partial charge >= 0.3 is 69.8 Å². The van der Waals surface area contributed by atoms with Gasteiger partial charge in [0, 0.05) is 0 Å². The number of hydrogen-bond donors (Lipinski definition) is 0. The Morgan fingerprint density at radius 2 is 1.88 bits per heavy atom. The van der Waals surface area contributed by atoms with Crippen LogP contribution in [0.2, 0.25) is 3.49 Å². The summed E-state index contributed by atoms with van der Waals surface area (Å²) in [4.78, 5) is 0. The maximum absolute atomic E-state index is 2.26. The van der Waals surface area contributed by atoms with Crippen molar-refractivity contribution in [2.24, 2.45) is 0 Å². The Morgan fingerprint density at radius 3 is 2.25 bits per heavy atom. The van der Waals surface area contributed by atoms with Crippen LogP contribution in [0.4, 0.5) is 0 Å². The molecule has 0 aliphatic heterocycles. The molecule has 50 valence electrons. The molecule has 2 unspecified atom stereocenters. The Balaban J connectivity index is 2.72. The number of hydrogen-bond acceptors (Lipinski definition) is 0. The Bertz CT molecular complexity index is 43.8. The van der Waals surface area contributed by atoms with Crippen molar-refractivity contribution in [1.82, 2.24) is 0 Å². The summed E-state index contributed by atoms with van der Waals surface area (Å²) in [6.45, 7) is 2.26. The second-order valence-corrected chi connectivity index (χ2v) is 9.14. The van der Waals surface area contributed by atoms with Crippen molar-refractivity contribution in [3.63, 3.8) is 0 Å². The molecule has 0 heterocycles. The summed E-state index contributed by atoms with van der Waals surface area (Å²) in [6.07, 6.45) is 5.72. The molecule has 8 heavy (non-hydrogen) atoms. The first-order valence-corrected chi connectivity index (χ1v) is 6.08. The van der Waals surface area contributed by atoms with Crippen molar-refractivity contribution in [2.75, 3.05) is 0 Å². The molecular formula is C6H16As2. The second kappa shape index (κ2) is 6.24. The summed E-state index contributed by atoms with van der Waals surface area (Å²) >= 11 is 3.82. The van der Waals surface area contributed by atoms with Crippen LogP contribution >= 0.6 is 0 Å². The summed E-state index contributed by atoms with van der Waals surface area (Å²) in [5.41, 5.74) is 0. The van der Waals surface area contributed by atoms with Gasteiger partial charge in [-0.3, -0.25) is 0 Å². The third-order valence-electron chi connectivity index (χ3n) is 1.14. The molecular weight excluding hydrogens is 222 g/mol. The molecule has 0 N–H and O–H groups in total. The quantitative estimate of drug-likeness (QED) is 0.496. The molecule has 0 nitrogen and oxygen atoms in total. The predicted molar refractivity (Wildman–Crippen MR) is 45.0 cm³/mol. The topological polar surface area (TPSA) is 0 Å². The average Bonchev–Trinajstić information content (AvgIpc) is 1.66. The molecule has 0 amide bonds. The van der Waals surface area contributed by atoms with Crippen LogP contribution in [0.15, 0.2) is 0 Å². The third kappa shape index (κ3) is 7.12. The van der Waals surface area contributed by atoms with Crippen molar-refractivity contribution >= 4 is 33.7 Å². The normalized spacial score (nSPS) is 10.5. The van der Waals surface area contributed by atoms with E-state index in [0.717, 1.165) is 3.49 Å². The van der Waals surface area contributed by atoms with Crippen molar-refractivity contribution < 1.29 is 0 Å². The van der Waals surface area contributed by atoms with Crippen molar-refractivity contribution in [3.8, 4) is 0 Å². The van der Waals surface area contributed by atoms with Crippen LogP contribution in [0.3, 0.4) is 0 Å². The summed E-state index contributed by atoms with van der Waals surface area (Å²) in [5.74, 6) is 0. The van der Waals surface area contributed by atoms with Crippen LogP contribution in [0.25, 0.3) is 0 Å². The fraction of sp³-hybridized carbons (Fsp3) is 1.00. The SMILES string of the molecule is CCCCCC([AsH2])[AsH2]. The average molecular weight is 238 g/mol. The van der Waals surface area contributed by atoms with Crippen molar-refractivity contribution in [2.45, 2.75) is 36.1 Å². The van der Waals surface area contributed by atoms with Gasteiger partial charge in [0.1, 0.15) is 0 Å². The Kier molecular flexibility index (Phi) is 7.11. The van der Waals surface area contributed by atoms with Gasteiger partial charge in [0.25, 0.3) is 0 Å². The molecule has 0 aliphatic carbocycles. The van der Waals surface area contributed by atoms with Crippen LogP contribution in [0.5, 0.6) is 0 Å². The molecule has 2 heteroatoms. The summed E-state index contributed by atoms with van der Waals surface area (Å²) in [5, 5.41) is 0. The summed E-state index contributed by atoms with van der Waals surface area (Å²) in [7, 11) is 0. The summed E-state index contributed by atoms with van der Waals surface area (Å²) < 4.78 is 1.03. The molecule has 0 saturated heterocycles. The molecule has 0 bridgehead atoms. The van der Waals surface area contributed by atoms with E-state index in [4.69, 9.17) is 0 Å². The Hall–Kier alpha value is 1.12. The van der Waals surface area contributed by atoms with Crippen LogP contribution in [-0.2, 0) is 0 Å². The van der Waals surface area contributed by atoms with Gasteiger partial charge < -0.3 is 0 Å². The zero-order valence-corrected chi connectivity index (χ0v) is 10.4. The predicted octanol–water partition coefficient (Wildman–Crippen LogP) is 0.579. The molecule has 0 radical (unpaired) electrons. The van der Waals surface area contributed by atoms with E-state index in [9.17, 15) is 0 Å². The number of rotatable bonds is 4. The van der Waals surface area contributed by atoms with Crippen LogP contribution < -0.4 is 0 Å². The molecule has 0 rings (SSSR count). The standard InChI is InChI=1S/C6H16As2/c1-2-3-4-5-6(7)8/h6H,2-5,7-8H2,1H3. The van der Waals surface area contributed by atoms with E-state index in [1.54, 1.807) is 0 Å². The first-order chi connectivity index (χ1) is 3.77. The van der Waals surface area contributed by atoms with Gasteiger partial charge in [0.15, 0.2) is 0 Å². The fourth-order valence-corrected chi connectivity index (χ4v) is 1.62. The minimum absolute atomic E-state index is 1.03. The molecule has 0 aromatic rings. The van der Waals surface area contributed by atoms with E-state index in [1.807, 2.05) is 33.7 Å². The van der Waals surface area contributed by atoms with E-state index in [0.29, 0.717) is 0 Å². The number of unbranched alkanes of at least 4 members (excludes halogenated alkanes) is 2. The monoisotopic (exact) mass is 238 g/mol. The van der Waals surface area contributed by atoms with Gasteiger partial charge in [-0.1, -0.05) is 0 Å². The molecule has 0 saturated carbocycles. The molecule has 0 fully saturated rings. The zero-order chi connectivity index (χ0) is 6.41. The van der Waals surface area contributed by atoms with E-state index < -0.39 is 0 Å². The Labute approximate surface area is 69.8 Å². The molecule has 2 atom stereocenters. The first-order valence-electron chi connectivity index (χ1n) is 3.28. The fourth-order valence-electron chi connectivity index (χ4n) is 0.630. The Morgan fingerprint density at radius 1 is 1.25 bits per heavy atom. The second-order valence-electron chi connectivity index (χ2n) is 2.16. The van der Waals surface area contributed by atoms with Crippen molar-refractivity contribution in [1.29, 1.82) is 0 Å². The summed E-state index contributed by atoms with van der Waals surface area (Å²) in [6, 6.07) is 0. The molecule has 0 aliphatic rings. The van der Waals surface area contributed by atoms with Crippen LogP contribution in [0, 0.1) is 0 Å². The van der Waals surface area contributed by atoms with Gasteiger partial charge in [0.05, 0.1) is 0 Å². The first kappa shape index (κ1) is 9.12. The molecule has 0 aromatic carbocycles. The van der Waals surface area contributed by atoms with E-state index in [-0.39, 0.29) is 0 Å². The van der Waals surface area contributed by atoms with Gasteiger partial charge in [-0.05, 0) is 0 Å². The van der Waals surface area contributed by atoms with E-state index in [2.05, 4.69) is 6.92 Å².